The molecule has 0 atom stereocenters. The summed E-state index contributed by atoms with van der Waals surface area (Å²) in [6.45, 7) is 5.74. The molecule has 1 aromatic heterocycles. The van der Waals surface area contributed by atoms with Crippen molar-refractivity contribution in [3.8, 4) is 5.69 Å². The van der Waals surface area contributed by atoms with E-state index < -0.39 is 0 Å². The molecule has 0 radical (unpaired) electrons. The molecular weight excluding hydrogens is 394 g/mol. The summed E-state index contributed by atoms with van der Waals surface area (Å²) in [7, 11) is 0. The zero-order chi connectivity index (χ0) is 16.0. The van der Waals surface area contributed by atoms with E-state index in [-0.39, 0.29) is 11.4 Å². The topological polar surface area (TPSA) is 34.9 Å². The quantitative estimate of drug-likeness (QED) is 0.570. The van der Waals surface area contributed by atoms with E-state index in [4.69, 9.17) is 0 Å². The molecule has 0 saturated carbocycles. The highest BCUT2D eigenvalue weighted by Crippen LogP contribution is 2.19. The maximum atomic E-state index is 13.7. The summed E-state index contributed by atoms with van der Waals surface area (Å²) in [6, 6.07) is 8.82. The minimum Gasteiger partial charge on any atom is -0.268 e. The molecule has 112 valence electrons. The molecule has 3 aromatic rings. The second-order valence-electron chi connectivity index (χ2n) is 5.43. The second-order valence-corrected chi connectivity index (χ2v) is 6.59. The summed E-state index contributed by atoms with van der Waals surface area (Å²) in [6.07, 6.45) is 0. The Morgan fingerprint density at radius 2 is 1.68 bits per heavy atom. The third-order valence-electron chi connectivity index (χ3n) is 3.54. The highest BCUT2D eigenvalue weighted by molar-refractivity contribution is 14.1. The number of rotatable bonds is 1. The maximum absolute atomic E-state index is 13.7. The monoisotopic (exact) mass is 408 g/mol. The number of aryl methyl sites for hydroxylation is 3. The fourth-order valence-electron chi connectivity index (χ4n) is 2.68. The Bertz CT molecular complexity index is 943. The Balaban J connectivity index is 2.40. The van der Waals surface area contributed by atoms with Crippen LogP contribution >= 0.6 is 22.6 Å². The van der Waals surface area contributed by atoms with E-state index in [2.05, 4.69) is 11.1 Å². The van der Waals surface area contributed by atoms with Crippen LogP contribution in [0.5, 0.6) is 0 Å². The molecule has 0 unspecified atom stereocenters. The van der Waals surface area contributed by atoms with E-state index in [0.29, 0.717) is 20.3 Å². The number of hydrogen-bond acceptors (Lipinski definition) is 2. The smallest absolute Gasteiger partial charge is 0.266 e. The van der Waals surface area contributed by atoms with Crippen LogP contribution in [0.4, 0.5) is 4.39 Å². The van der Waals surface area contributed by atoms with Gasteiger partial charge >= 0.3 is 0 Å². The summed E-state index contributed by atoms with van der Waals surface area (Å²) in [5.41, 5.74) is 3.16. The van der Waals surface area contributed by atoms with Crippen LogP contribution in [0.15, 0.2) is 35.1 Å². The van der Waals surface area contributed by atoms with Crippen molar-refractivity contribution in [2.24, 2.45) is 0 Å². The normalized spacial score (nSPS) is 11.1. The van der Waals surface area contributed by atoms with Gasteiger partial charge < -0.3 is 0 Å². The van der Waals surface area contributed by atoms with Crippen molar-refractivity contribution in [3.05, 3.63) is 67.0 Å². The van der Waals surface area contributed by atoms with Crippen LogP contribution in [0.25, 0.3) is 16.6 Å². The number of hydrogen-bond donors (Lipinski definition) is 0. The van der Waals surface area contributed by atoms with Crippen molar-refractivity contribution in [2.75, 3.05) is 0 Å². The van der Waals surface area contributed by atoms with Gasteiger partial charge in [0.1, 0.15) is 11.6 Å². The first-order chi connectivity index (χ1) is 10.4. The number of nitrogens with zero attached hydrogens (tertiary/aromatic N) is 2. The average molecular weight is 408 g/mol. The first-order valence-electron chi connectivity index (χ1n) is 6.84. The van der Waals surface area contributed by atoms with Crippen molar-refractivity contribution < 1.29 is 4.39 Å². The third kappa shape index (κ3) is 2.54. The molecule has 0 aliphatic heterocycles. The molecule has 0 spiro atoms. The van der Waals surface area contributed by atoms with Crippen LogP contribution in [0.1, 0.15) is 17.0 Å². The number of aromatic nitrogens is 2. The molecule has 3 rings (SSSR count). The van der Waals surface area contributed by atoms with Gasteiger partial charge in [-0.05, 0) is 72.7 Å². The lowest BCUT2D eigenvalue weighted by molar-refractivity contribution is 0.621. The molecule has 0 bridgehead atoms. The van der Waals surface area contributed by atoms with E-state index in [9.17, 15) is 9.18 Å². The predicted molar refractivity (Wildman–Crippen MR) is 94.2 cm³/mol. The van der Waals surface area contributed by atoms with Gasteiger partial charge in [0.05, 0.1) is 16.6 Å². The Hall–Kier alpha value is -1.76. The molecular formula is C17H14FIN2O. The Labute approximate surface area is 141 Å². The molecule has 5 heteroatoms. The van der Waals surface area contributed by atoms with Gasteiger partial charge in [-0.25, -0.2) is 9.37 Å². The van der Waals surface area contributed by atoms with E-state index in [0.717, 1.165) is 16.8 Å². The van der Waals surface area contributed by atoms with Crippen LogP contribution < -0.4 is 5.56 Å². The maximum Gasteiger partial charge on any atom is 0.266 e. The fraction of sp³-hybridized carbons (Fsp3) is 0.176. The third-order valence-corrected chi connectivity index (χ3v) is 4.37. The van der Waals surface area contributed by atoms with Gasteiger partial charge in [0, 0.05) is 9.64 Å². The Morgan fingerprint density at radius 1 is 1.05 bits per heavy atom. The number of fused-ring (bicyclic) bond motifs is 1. The van der Waals surface area contributed by atoms with E-state index in [1.165, 1.54) is 6.07 Å². The zero-order valence-electron chi connectivity index (χ0n) is 12.4. The van der Waals surface area contributed by atoms with Gasteiger partial charge in [-0.2, -0.15) is 0 Å². The van der Waals surface area contributed by atoms with Crippen LogP contribution in [0, 0.1) is 30.2 Å². The minimum atomic E-state index is -0.358. The minimum absolute atomic E-state index is 0.176. The fourth-order valence-corrected chi connectivity index (χ4v) is 3.14. The average Bonchev–Trinajstić information content (AvgIpc) is 2.40. The summed E-state index contributed by atoms with van der Waals surface area (Å²) in [4.78, 5) is 17.2. The van der Waals surface area contributed by atoms with Crippen molar-refractivity contribution in [1.29, 1.82) is 0 Å². The highest BCUT2D eigenvalue weighted by atomic mass is 127. The molecule has 0 amide bonds. The Kier molecular flexibility index (Phi) is 3.76. The molecule has 3 nitrogen and oxygen atoms in total. The molecule has 0 aliphatic rings. The lowest BCUT2D eigenvalue weighted by Gasteiger charge is -2.12. The van der Waals surface area contributed by atoms with Crippen LogP contribution in [0.2, 0.25) is 0 Å². The van der Waals surface area contributed by atoms with Crippen LogP contribution in [-0.4, -0.2) is 9.55 Å². The molecule has 0 saturated heterocycles. The summed E-state index contributed by atoms with van der Waals surface area (Å²) >= 11 is 1.88. The lowest BCUT2D eigenvalue weighted by Crippen LogP contribution is -2.22. The molecule has 2 aromatic carbocycles. The first-order valence-corrected chi connectivity index (χ1v) is 7.92. The van der Waals surface area contributed by atoms with Gasteiger partial charge in [-0.15, -0.1) is 0 Å². The van der Waals surface area contributed by atoms with Gasteiger partial charge in [0.25, 0.3) is 5.56 Å². The predicted octanol–water partition coefficient (Wildman–Crippen LogP) is 4.05. The first kappa shape index (κ1) is 15.1. The van der Waals surface area contributed by atoms with Gasteiger partial charge in [0.15, 0.2) is 0 Å². The summed E-state index contributed by atoms with van der Waals surface area (Å²) in [5.74, 6) is 0.187. The molecule has 0 fully saturated rings. The van der Waals surface area contributed by atoms with Gasteiger partial charge in [-0.3, -0.25) is 9.36 Å². The van der Waals surface area contributed by atoms with Crippen LogP contribution in [-0.2, 0) is 0 Å². The molecule has 0 aliphatic carbocycles. The summed E-state index contributed by atoms with van der Waals surface area (Å²) < 4.78 is 15.7. The standard InChI is InChI=1S/C17H14FIN2O/c1-9-4-10(2)6-12(5-9)21-11(3)20-16-8-14(18)15(19)7-13(16)17(21)22/h4-8H,1-3H3. The van der Waals surface area contributed by atoms with Crippen molar-refractivity contribution >= 4 is 33.5 Å². The zero-order valence-corrected chi connectivity index (χ0v) is 14.6. The van der Waals surface area contributed by atoms with Crippen molar-refractivity contribution in [1.82, 2.24) is 9.55 Å². The molecule has 22 heavy (non-hydrogen) atoms. The van der Waals surface area contributed by atoms with Crippen molar-refractivity contribution in [3.63, 3.8) is 0 Å². The van der Waals surface area contributed by atoms with Crippen molar-refractivity contribution in [2.45, 2.75) is 20.8 Å². The largest absolute Gasteiger partial charge is 0.268 e. The van der Waals surface area contributed by atoms with Gasteiger partial charge in [0.2, 0.25) is 0 Å². The van der Waals surface area contributed by atoms with Gasteiger partial charge in [-0.1, -0.05) is 6.07 Å². The van der Waals surface area contributed by atoms with E-state index >= 15 is 0 Å². The number of benzene rings is 2. The molecule has 1 heterocycles. The number of halogens is 2. The molecule has 0 N–H and O–H groups in total. The highest BCUT2D eigenvalue weighted by Gasteiger charge is 2.13. The SMILES string of the molecule is Cc1cc(C)cc(-n2c(C)nc3cc(F)c(I)cc3c2=O)c1. The lowest BCUT2D eigenvalue weighted by atomic mass is 10.1. The summed E-state index contributed by atoms with van der Waals surface area (Å²) in [5, 5.41) is 0.426. The Morgan fingerprint density at radius 3 is 2.32 bits per heavy atom. The van der Waals surface area contributed by atoms with Crippen LogP contribution in [0.3, 0.4) is 0 Å². The second kappa shape index (κ2) is 5.46. The van der Waals surface area contributed by atoms with E-state index in [1.807, 2.05) is 48.6 Å². The van der Waals surface area contributed by atoms with E-state index in [1.54, 1.807) is 17.6 Å².